The lowest BCUT2D eigenvalue weighted by Crippen LogP contribution is -2.24. The summed E-state index contributed by atoms with van der Waals surface area (Å²) in [7, 11) is 0. The van der Waals surface area contributed by atoms with Crippen molar-refractivity contribution in [1.82, 2.24) is 9.78 Å². The van der Waals surface area contributed by atoms with E-state index in [-0.39, 0.29) is 11.5 Å². The van der Waals surface area contributed by atoms with Gasteiger partial charge >= 0.3 is 0 Å². The molecule has 0 aromatic carbocycles. The molecule has 0 spiro atoms. The number of nitrogens with zero attached hydrogens (tertiary/aromatic N) is 2. The second-order valence-corrected chi connectivity index (χ2v) is 5.29. The second-order valence-electron chi connectivity index (χ2n) is 3.48. The summed E-state index contributed by atoms with van der Waals surface area (Å²) in [6.07, 6.45) is 0. The quantitative estimate of drug-likeness (QED) is 0.660. The van der Waals surface area contributed by atoms with E-state index in [9.17, 15) is 4.39 Å². The topological polar surface area (TPSA) is 17.8 Å². The van der Waals surface area contributed by atoms with E-state index in [4.69, 9.17) is 0 Å². The summed E-state index contributed by atoms with van der Waals surface area (Å²) in [5.41, 5.74) is -0.309. The largest absolute Gasteiger partial charge is 0.232 e. The molecule has 0 amide bonds. The molecule has 0 saturated heterocycles. The van der Waals surface area contributed by atoms with Crippen molar-refractivity contribution in [3.63, 3.8) is 0 Å². The van der Waals surface area contributed by atoms with Gasteiger partial charge in [-0.15, -0.1) is 0 Å². The highest BCUT2D eigenvalue weighted by Gasteiger charge is 2.22. The van der Waals surface area contributed by atoms with Gasteiger partial charge < -0.3 is 0 Å². The molecule has 0 fully saturated rings. The Labute approximate surface area is 92.8 Å². The number of halogens is 3. The Hall–Kier alpha value is 0.350. The Morgan fingerprint density at radius 2 is 2.00 bits per heavy atom. The average Bonchev–Trinajstić information content (AvgIpc) is 2.15. The van der Waals surface area contributed by atoms with Crippen LogP contribution in [0, 0.1) is 9.65 Å². The van der Waals surface area contributed by atoms with Gasteiger partial charge in [0.2, 0.25) is 5.95 Å². The average molecular weight is 347 g/mol. The fourth-order valence-electron chi connectivity index (χ4n) is 0.798. The van der Waals surface area contributed by atoms with Crippen LogP contribution in [0.2, 0.25) is 0 Å². The van der Waals surface area contributed by atoms with Crippen LogP contribution in [0.1, 0.15) is 20.8 Å². The van der Waals surface area contributed by atoms with Crippen molar-refractivity contribution in [3.8, 4) is 0 Å². The van der Waals surface area contributed by atoms with Crippen LogP contribution < -0.4 is 0 Å². The molecule has 2 nitrogen and oxygen atoms in total. The molecule has 0 aliphatic rings. The molecule has 1 aromatic rings. The number of aromatic nitrogens is 2. The van der Waals surface area contributed by atoms with Crippen molar-refractivity contribution in [1.29, 1.82) is 0 Å². The van der Waals surface area contributed by atoms with Crippen LogP contribution in [0.25, 0.3) is 0 Å². The summed E-state index contributed by atoms with van der Waals surface area (Å²) < 4.78 is 15.8. The predicted molar refractivity (Wildman–Crippen MR) is 57.6 cm³/mol. The molecule has 0 bridgehead atoms. The molecular weight excluding hydrogens is 338 g/mol. The third-order valence-corrected chi connectivity index (χ3v) is 3.57. The van der Waals surface area contributed by atoms with E-state index in [0.717, 1.165) is 0 Å². The lowest BCUT2D eigenvalue weighted by molar-refractivity contribution is 0.297. The van der Waals surface area contributed by atoms with Crippen molar-refractivity contribution in [2.75, 3.05) is 0 Å². The van der Waals surface area contributed by atoms with E-state index < -0.39 is 0 Å². The van der Waals surface area contributed by atoms with Gasteiger partial charge in [0.05, 0.1) is 5.54 Å². The molecular formula is C7H9BrFIN2. The van der Waals surface area contributed by atoms with Crippen LogP contribution in [0.15, 0.2) is 4.47 Å². The zero-order chi connectivity index (χ0) is 9.52. The molecule has 0 N–H and O–H groups in total. The highest BCUT2D eigenvalue weighted by Crippen LogP contribution is 2.25. The summed E-state index contributed by atoms with van der Waals surface area (Å²) >= 11 is 5.12. The monoisotopic (exact) mass is 346 g/mol. The van der Waals surface area contributed by atoms with Crippen LogP contribution >= 0.6 is 38.5 Å². The zero-order valence-electron chi connectivity index (χ0n) is 7.03. The van der Waals surface area contributed by atoms with Crippen LogP contribution in [0.4, 0.5) is 4.39 Å². The van der Waals surface area contributed by atoms with Crippen molar-refractivity contribution < 1.29 is 4.39 Å². The van der Waals surface area contributed by atoms with Gasteiger partial charge in [-0.1, -0.05) is 0 Å². The minimum atomic E-state index is -0.313. The van der Waals surface area contributed by atoms with Gasteiger partial charge in [-0.2, -0.15) is 9.49 Å². The highest BCUT2D eigenvalue weighted by molar-refractivity contribution is 14.1. The van der Waals surface area contributed by atoms with Crippen molar-refractivity contribution >= 4 is 38.5 Å². The van der Waals surface area contributed by atoms with E-state index >= 15 is 0 Å². The summed E-state index contributed by atoms with van der Waals surface area (Å²) in [5, 5.41) is 4.06. The molecule has 0 saturated carbocycles. The Balaban J connectivity index is 3.28. The van der Waals surface area contributed by atoms with Gasteiger partial charge in [0.25, 0.3) is 0 Å². The fraction of sp³-hybridized carbons (Fsp3) is 0.571. The first-order chi connectivity index (χ1) is 5.34. The summed E-state index contributed by atoms with van der Waals surface area (Å²) in [6, 6.07) is 0. The molecule has 0 atom stereocenters. The van der Waals surface area contributed by atoms with E-state index in [2.05, 4.69) is 21.0 Å². The number of hydrogen-bond acceptors (Lipinski definition) is 1. The van der Waals surface area contributed by atoms with E-state index in [1.54, 1.807) is 0 Å². The lowest BCUT2D eigenvalue weighted by atomic mass is 10.1. The van der Waals surface area contributed by atoms with Crippen LogP contribution in [-0.4, -0.2) is 9.78 Å². The van der Waals surface area contributed by atoms with Crippen LogP contribution in [-0.2, 0) is 5.54 Å². The number of rotatable bonds is 0. The Kier molecular flexibility index (Phi) is 2.82. The van der Waals surface area contributed by atoms with Crippen molar-refractivity contribution in [3.05, 3.63) is 14.1 Å². The molecule has 0 unspecified atom stereocenters. The van der Waals surface area contributed by atoms with E-state index in [1.165, 1.54) is 4.68 Å². The molecule has 1 aromatic heterocycles. The molecule has 12 heavy (non-hydrogen) atoms. The lowest BCUT2D eigenvalue weighted by Gasteiger charge is -2.19. The molecule has 0 aliphatic carbocycles. The molecule has 68 valence electrons. The Morgan fingerprint density at radius 1 is 1.50 bits per heavy atom. The zero-order valence-corrected chi connectivity index (χ0v) is 10.8. The smallest absolute Gasteiger partial charge is 0.227 e. The molecule has 5 heteroatoms. The molecule has 1 heterocycles. The maximum Gasteiger partial charge on any atom is 0.227 e. The van der Waals surface area contributed by atoms with Crippen LogP contribution in [0.3, 0.4) is 0 Å². The first-order valence-corrected chi connectivity index (χ1v) is 5.31. The van der Waals surface area contributed by atoms with Crippen molar-refractivity contribution in [2.24, 2.45) is 0 Å². The Morgan fingerprint density at radius 3 is 2.17 bits per heavy atom. The maximum atomic E-state index is 13.4. The maximum absolute atomic E-state index is 13.4. The summed E-state index contributed by atoms with van der Waals surface area (Å²) in [4.78, 5) is 0. The first-order valence-electron chi connectivity index (χ1n) is 3.44. The standard InChI is InChI=1S/C7H9BrFIN2/c1-7(2,3)12-5(9)4(8)6(10)11-12/h1-3H3. The van der Waals surface area contributed by atoms with E-state index in [1.807, 2.05) is 43.4 Å². The van der Waals surface area contributed by atoms with Gasteiger partial charge in [0.15, 0.2) is 0 Å². The molecule has 0 radical (unpaired) electrons. The minimum absolute atomic E-state index is 0.309. The Bertz CT molecular complexity index is 303. The molecule has 0 aliphatic heterocycles. The second kappa shape index (κ2) is 3.25. The van der Waals surface area contributed by atoms with Gasteiger partial charge in [-0.05, 0) is 59.3 Å². The van der Waals surface area contributed by atoms with Gasteiger partial charge in [0.1, 0.15) is 8.17 Å². The number of hydrogen-bond donors (Lipinski definition) is 0. The SMILES string of the molecule is CC(C)(C)n1nc(I)c(Br)c1F. The fourth-order valence-corrected chi connectivity index (χ4v) is 1.48. The molecule has 1 rings (SSSR count). The van der Waals surface area contributed by atoms with Crippen LogP contribution in [0.5, 0.6) is 0 Å². The minimum Gasteiger partial charge on any atom is -0.232 e. The highest BCUT2D eigenvalue weighted by atomic mass is 127. The third-order valence-electron chi connectivity index (χ3n) is 1.37. The summed E-state index contributed by atoms with van der Waals surface area (Å²) in [5.74, 6) is -0.313. The van der Waals surface area contributed by atoms with Crippen molar-refractivity contribution in [2.45, 2.75) is 26.3 Å². The van der Waals surface area contributed by atoms with Gasteiger partial charge in [0, 0.05) is 0 Å². The third kappa shape index (κ3) is 1.81. The predicted octanol–water partition coefficient (Wildman–Crippen LogP) is 3.14. The summed E-state index contributed by atoms with van der Waals surface area (Å²) in [6.45, 7) is 5.72. The first kappa shape index (κ1) is 10.4. The van der Waals surface area contributed by atoms with Gasteiger partial charge in [-0.3, -0.25) is 0 Å². The van der Waals surface area contributed by atoms with E-state index in [0.29, 0.717) is 8.17 Å². The normalized spacial score (nSPS) is 12.2. The van der Waals surface area contributed by atoms with Gasteiger partial charge in [-0.25, -0.2) is 4.68 Å².